The maximum Gasteiger partial charge on any atom is 0.130 e. The number of rotatable bonds is 5. The van der Waals surface area contributed by atoms with Gasteiger partial charge in [0.2, 0.25) is 0 Å². The van der Waals surface area contributed by atoms with Gasteiger partial charge in [0.15, 0.2) is 0 Å². The van der Waals surface area contributed by atoms with E-state index in [1.807, 2.05) is 0 Å². The van der Waals surface area contributed by atoms with Crippen molar-refractivity contribution in [2.45, 2.75) is 58.9 Å². The number of hydrogen-bond acceptors (Lipinski definition) is 1. The third kappa shape index (κ3) is 4.26. The second-order valence-corrected chi connectivity index (χ2v) is 7.10. The van der Waals surface area contributed by atoms with Crippen molar-refractivity contribution in [2.75, 3.05) is 6.54 Å². The van der Waals surface area contributed by atoms with E-state index in [1.165, 1.54) is 18.9 Å². The van der Waals surface area contributed by atoms with E-state index >= 15 is 0 Å². The molecule has 3 heteroatoms. The summed E-state index contributed by atoms with van der Waals surface area (Å²) in [5, 5.41) is 3.48. The van der Waals surface area contributed by atoms with E-state index in [2.05, 4.69) is 26.1 Å². The molecular weight excluding hydrogens is 268 g/mol. The van der Waals surface area contributed by atoms with Crippen LogP contribution in [0.25, 0.3) is 0 Å². The summed E-state index contributed by atoms with van der Waals surface area (Å²) in [7, 11) is 0. The van der Waals surface area contributed by atoms with Gasteiger partial charge in [-0.3, -0.25) is 0 Å². The Morgan fingerprint density at radius 2 is 1.90 bits per heavy atom. The minimum absolute atomic E-state index is 0.00153. The molecule has 0 heterocycles. The van der Waals surface area contributed by atoms with Crippen molar-refractivity contribution in [1.29, 1.82) is 0 Å². The molecule has 1 aliphatic carbocycles. The molecule has 0 aliphatic heterocycles. The second-order valence-electron chi connectivity index (χ2n) is 7.10. The Balaban J connectivity index is 2.18. The van der Waals surface area contributed by atoms with Gasteiger partial charge >= 0.3 is 0 Å². The lowest BCUT2D eigenvalue weighted by Gasteiger charge is -2.38. The standard InChI is InChI=1S/C18H27F2N/c1-4-11-21-17(13-7-9-18(2,3)10-8-13)15-6-5-14(19)12-16(15)20/h5-6,12-13,17,21H,4,7-11H2,1-3H3. The highest BCUT2D eigenvalue weighted by Gasteiger charge is 2.32. The summed E-state index contributed by atoms with van der Waals surface area (Å²) in [4.78, 5) is 0. The molecule has 0 spiro atoms. The maximum atomic E-state index is 14.2. The van der Waals surface area contributed by atoms with E-state index in [-0.39, 0.29) is 6.04 Å². The summed E-state index contributed by atoms with van der Waals surface area (Å²) in [5.41, 5.74) is 1.02. The summed E-state index contributed by atoms with van der Waals surface area (Å²) < 4.78 is 27.3. The van der Waals surface area contributed by atoms with Crippen molar-refractivity contribution >= 4 is 0 Å². The Bertz CT molecular complexity index is 460. The highest BCUT2D eigenvalue weighted by atomic mass is 19.1. The Hall–Kier alpha value is -0.960. The maximum absolute atomic E-state index is 14.2. The van der Waals surface area contributed by atoms with Gasteiger partial charge in [-0.2, -0.15) is 0 Å². The molecule has 1 nitrogen and oxygen atoms in total. The van der Waals surface area contributed by atoms with E-state index in [0.29, 0.717) is 16.9 Å². The molecule has 1 aromatic carbocycles. The average molecular weight is 295 g/mol. The van der Waals surface area contributed by atoms with Crippen molar-refractivity contribution in [3.63, 3.8) is 0 Å². The fourth-order valence-electron chi connectivity index (χ4n) is 3.34. The van der Waals surface area contributed by atoms with E-state index in [4.69, 9.17) is 0 Å². The Labute approximate surface area is 127 Å². The first kappa shape index (κ1) is 16.4. The molecule has 1 N–H and O–H groups in total. The van der Waals surface area contributed by atoms with Crippen LogP contribution >= 0.6 is 0 Å². The molecule has 1 aromatic rings. The van der Waals surface area contributed by atoms with Crippen LogP contribution in [0.4, 0.5) is 8.78 Å². The van der Waals surface area contributed by atoms with Crippen molar-refractivity contribution in [3.8, 4) is 0 Å². The lowest BCUT2D eigenvalue weighted by Crippen LogP contribution is -2.33. The first-order chi connectivity index (χ1) is 9.93. The highest BCUT2D eigenvalue weighted by Crippen LogP contribution is 2.43. The van der Waals surface area contributed by atoms with Crippen molar-refractivity contribution in [3.05, 3.63) is 35.4 Å². The summed E-state index contributed by atoms with van der Waals surface area (Å²) in [6, 6.07) is 3.98. The molecule has 1 unspecified atom stereocenters. The van der Waals surface area contributed by atoms with Crippen LogP contribution in [-0.4, -0.2) is 6.54 Å². The Morgan fingerprint density at radius 3 is 2.48 bits per heavy atom. The SMILES string of the molecule is CCCNC(c1ccc(F)cc1F)C1CCC(C)(C)CC1. The van der Waals surface area contributed by atoms with Gasteiger partial charge in [0, 0.05) is 17.7 Å². The molecule has 0 radical (unpaired) electrons. The van der Waals surface area contributed by atoms with Crippen molar-refractivity contribution in [2.24, 2.45) is 11.3 Å². The van der Waals surface area contributed by atoms with Gasteiger partial charge in [-0.25, -0.2) is 8.78 Å². The molecule has 118 valence electrons. The molecule has 1 fully saturated rings. The molecule has 1 aliphatic rings. The molecule has 1 saturated carbocycles. The van der Waals surface area contributed by atoms with Crippen LogP contribution < -0.4 is 5.32 Å². The molecule has 0 saturated heterocycles. The smallest absolute Gasteiger partial charge is 0.130 e. The first-order valence-corrected chi connectivity index (χ1v) is 8.11. The summed E-state index contributed by atoms with van der Waals surface area (Å²) in [6.07, 6.45) is 5.56. The van der Waals surface area contributed by atoms with Crippen LogP contribution in [0.1, 0.15) is 64.5 Å². The number of benzene rings is 1. The largest absolute Gasteiger partial charge is 0.310 e. The van der Waals surface area contributed by atoms with Crippen molar-refractivity contribution in [1.82, 2.24) is 5.32 Å². The minimum Gasteiger partial charge on any atom is -0.310 e. The quantitative estimate of drug-likeness (QED) is 0.785. The number of halogens is 2. The van der Waals surface area contributed by atoms with Gasteiger partial charge in [-0.1, -0.05) is 26.8 Å². The summed E-state index contributed by atoms with van der Waals surface area (Å²) in [6.45, 7) is 7.57. The minimum atomic E-state index is -0.504. The number of hydrogen-bond donors (Lipinski definition) is 1. The monoisotopic (exact) mass is 295 g/mol. The van der Waals surface area contributed by atoms with Crippen LogP contribution in [0.3, 0.4) is 0 Å². The van der Waals surface area contributed by atoms with Gasteiger partial charge in [0.25, 0.3) is 0 Å². The van der Waals surface area contributed by atoms with Crippen LogP contribution in [0.5, 0.6) is 0 Å². The second kappa shape index (κ2) is 6.87. The van der Waals surface area contributed by atoms with Gasteiger partial charge in [-0.05, 0) is 56.0 Å². The third-order valence-electron chi connectivity index (χ3n) is 4.77. The molecule has 2 rings (SSSR count). The van der Waals surface area contributed by atoms with Crippen LogP contribution in [0.15, 0.2) is 18.2 Å². The van der Waals surface area contributed by atoms with E-state index < -0.39 is 11.6 Å². The van der Waals surface area contributed by atoms with Crippen molar-refractivity contribution < 1.29 is 8.78 Å². The van der Waals surface area contributed by atoms with Crippen LogP contribution in [0, 0.1) is 23.0 Å². The molecule has 0 bridgehead atoms. The van der Waals surface area contributed by atoms with Crippen LogP contribution in [-0.2, 0) is 0 Å². The Kier molecular flexibility index (Phi) is 5.37. The highest BCUT2D eigenvalue weighted by molar-refractivity contribution is 5.23. The predicted octanol–water partition coefficient (Wildman–Crippen LogP) is 5.22. The zero-order valence-corrected chi connectivity index (χ0v) is 13.4. The molecule has 0 aromatic heterocycles. The molecule has 0 amide bonds. The fourth-order valence-corrected chi connectivity index (χ4v) is 3.34. The van der Waals surface area contributed by atoms with Gasteiger partial charge in [0.1, 0.15) is 11.6 Å². The number of nitrogens with one attached hydrogen (secondary N) is 1. The zero-order valence-electron chi connectivity index (χ0n) is 13.4. The van der Waals surface area contributed by atoms with E-state index in [1.54, 1.807) is 6.07 Å². The van der Waals surface area contributed by atoms with Crippen LogP contribution in [0.2, 0.25) is 0 Å². The normalized spacial score (nSPS) is 20.4. The van der Waals surface area contributed by atoms with E-state index in [9.17, 15) is 8.78 Å². The van der Waals surface area contributed by atoms with Gasteiger partial charge < -0.3 is 5.32 Å². The third-order valence-corrected chi connectivity index (χ3v) is 4.77. The summed E-state index contributed by atoms with van der Waals surface area (Å²) in [5.74, 6) is -0.492. The van der Waals surface area contributed by atoms with E-state index in [0.717, 1.165) is 31.9 Å². The summed E-state index contributed by atoms with van der Waals surface area (Å²) >= 11 is 0. The molecule has 21 heavy (non-hydrogen) atoms. The zero-order chi connectivity index (χ0) is 15.5. The fraction of sp³-hybridized carbons (Fsp3) is 0.667. The average Bonchev–Trinajstić information content (AvgIpc) is 2.42. The Morgan fingerprint density at radius 1 is 1.24 bits per heavy atom. The van der Waals surface area contributed by atoms with Gasteiger partial charge in [0.05, 0.1) is 0 Å². The topological polar surface area (TPSA) is 12.0 Å². The van der Waals surface area contributed by atoms with Gasteiger partial charge in [-0.15, -0.1) is 0 Å². The predicted molar refractivity (Wildman–Crippen MR) is 83.1 cm³/mol. The molecule has 1 atom stereocenters. The lowest BCUT2D eigenvalue weighted by molar-refractivity contribution is 0.160. The lowest BCUT2D eigenvalue weighted by atomic mass is 9.70. The molecular formula is C18H27F2N. The first-order valence-electron chi connectivity index (χ1n) is 8.11.